The Labute approximate surface area is 121 Å². The molecule has 104 valence electrons. The summed E-state index contributed by atoms with van der Waals surface area (Å²) < 4.78 is 0. The van der Waals surface area contributed by atoms with E-state index in [0.29, 0.717) is 5.92 Å². The summed E-state index contributed by atoms with van der Waals surface area (Å²) in [6, 6.07) is 15.6. The second-order valence-electron chi connectivity index (χ2n) is 6.07. The van der Waals surface area contributed by atoms with Crippen molar-refractivity contribution in [1.29, 1.82) is 0 Å². The molecule has 1 aliphatic rings. The van der Waals surface area contributed by atoms with Crippen molar-refractivity contribution in [2.24, 2.45) is 5.73 Å². The zero-order chi connectivity index (χ0) is 14.1. The van der Waals surface area contributed by atoms with E-state index >= 15 is 0 Å². The van der Waals surface area contributed by atoms with E-state index in [4.69, 9.17) is 5.73 Å². The predicted octanol–water partition coefficient (Wildman–Crippen LogP) is 4.42. The number of nitrogens with two attached hydrogens (primary N) is 1. The van der Waals surface area contributed by atoms with Crippen molar-refractivity contribution in [2.75, 3.05) is 0 Å². The van der Waals surface area contributed by atoms with Crippen molar-refractivity contribution in [2.45, 2.75) is 45.1 Å². The summed E-state index contributed by atoms with van der Waals surface area (Å²) in [5.41, 5.74) is 13.5. The summed E-state index contributed by atoms with van der Waals surface area (Å²) in [5, 5.41) is 0. The molecular weight excluding hydrogens is 242 g/mol. The summed E-state index contributed by atoms with van der Waals surface area (Å²) in [6.07, 6.45) is 3.65. The minimum atomic E-state index is 0.107. The average molecular weight is 265 g/mol. The maximum Gasteiger partial charge on any atom is 0.0364 e. The van der Waals surface area contributed by atoms with Gasteiger partial charge in [0.05, 0.1) is 0 Å². The van der Waals surface area contributed by atoms with Gasteiger partial charge in [-0.3, -0.25) is 0 Å². The third-order valence-electron chi connectivity index (χ3n) is 4.77. The van der Waals surface area contributed by atoms with Crippen molar-refractivity contribution in [3.63, 3.8) is 0 Å². The molecule has 1 aliphatic carbocycles. The fourth-order valence-electron chi connectivity index (χ4n) is 3.37. The van der Waals surface area contributed by atoms with Gasteiger partial charge in [-0.2, -0.15) is 0 Å². The molecule has 2 aromatic rings. The van der Waals surface area contributed by atoms with Crippen molar-refractivity contribution in [3.05, 3.63) is 70.3 Å². The number of benzene rings is 2. The molecule has 2 aromatic carbocycles. The SMILES string of the molecule is Cc1ccc(C(N)C2CCCc3ccccc32)cc1C. The van der Waals surface area contributed by atoms with E-state index in [1.54, 1.807) is 0 Å². The molecule has 0 fully saturated rings. The Morgan fingerprint density at radius 1 is 1.05 bits per heavy atom. The maximum absolute atomic E-state index is 6.60. The molecule has 0 saturated carbocycles. The normalized spacial score (nSPS) is 19.4. The summed E-state index contributed by atoms with van der Waals surface area (Å²) in [5.74, 6) is 0.460. The number of rotatable bonds is 2. The average Bonchev–Trinajstić information content (AvgIpc) is 2.49. The zero-order valence-electron chi connectivity index (χ0n) is 12.4. The maximum atomic E-state index is 6.60. The molecule has 0 heterocycles. The van der Waals surface area contributed by atoms with Crippen LogP contribution >= 0.6 is 0 Å². The Bertz CT molecular complexity index is 615. The smallest absolute Gasteiger partial charge is 0.0364 e. The van der Waals surface area contributed by atoms with Gasteiger partial charge in [0.15, 0.2) is 0 Å². The van der Waals surface area contributed by atoms with Crippen LogP contribution in [0.25, 0.3) is 0 Å². The van der Waals surface area contributed by atoms with Crippen molar-refractivity contribution in [1.82, 2.24) is 0 Å². The molecule has 0 bridgehead atoms. The predicted molar refractivity (Wildman–Crippen MR) is 85.0 cm³/mol. The van der Waals surface area contributed by atoms with E-state index < -0.39 is 0 Å². The highest BCUT2D eigenvalue weighted by Crippen LogP contribution is 2.39. The van der Waals surface area contributed by atoms with Crippen LogP contribution in [0.2, 0.25) is 0 Å². The standard InChI is InChI=1S/C19H23N/c1-13-10-11-16(12-14(13)2)19(20)18-9-5-7-15-6-3-4-8-17(15)18/h3-4,6,8,10-12,18-19H,5,7,9,20H2,1-2H3. The molecule has 20 heavy (non-hydrogen) atoms. The minimum Gasteiger partial charge on any atom is -0.323 e. The highest BCUT2D eigenvalue weighted by Gasteiger charge is 2.26. The molecule has 0 aliphatic heterocycles. The van der Waals surface area contributed by atoms with Gasteiger partial charge in [-0.1, -0.05) is 42.5 Å². The molecule has 0 spiro atoms. The third kappa shape index (κ3) is 2.38. The quantitative estimate of drug-likeness (QED) is 0.854. The Morgan fingerprint density at radius 2 is 1.85 bits per heavy atom. The molecule has 0 radical (unpaired) electrons. The van der Waals surface area contributed by atoms with Gasteiger partial charge >= 0.3 is 0 Å². The first-order chi connectivity index (χ1) is 9.66. The zero-order valence-corrected chi connectivity index (χ0v) is 12.4. The first-order valence-corrected chi connectivity index (χ1v) is 7.57. The fraction of sp³-hybridized carbons (Fsp3) is 0.368. The van der Waals surface area contributed by atoms with Crippen LogP contribution in [0.5, 0.6) is 0 Å². The molecule has 2 unspecified atom stereocenters. The molecular formula is C19H23N. The number of fused-ring (bicyclic) bond motifs is 1. The van der Waals surface area contributed by atoms with Crippen LogP contribution in [-0.4, -0.2) is 0 Å². The lowest BCUT2D eigenvalue weighted by Gasteiger charge is -2.30. The van der Waals surface area contributed by atoms with Crippen LogP contribution in [0.15, 0.2) is 42.5 Å². The number of aryl methyl sites for hydroxylation is 3. The molecule has 0 saturated heterocycles. The Morgan fingerprint density at radius 3 is 2.65 bits per heavy atom. The van der Waals surface area contributed by atoms with E-state index in [2.05, 4.69) is 56.3 Å². The van der Waals surface area contributed by atoms with Crippen LogP contribution < -0.4 is 5.73 Å². The summed E-state index contributed by atoms with van der Waals surface area (Å²) in [7, 11) is 0. The number of hydrogen-bond acceptors (Lipinski definition) is 1. The first kappa shape index (κ1) is 13.4. The van der Waals surface area contributed by atoms with E-state index in [9.17, 15) is 0 Å². The fourth-order valence-corrected chi connectivity index (χ4v) is 3.37. The number of hydrogen-bond donors (Lipinski definition) is 1. The highest BCUT2D eigenvalue weighted by atomic mass is 14.7. The van der Waals surface area contributed by atoms with Crippen molar-refractivity contribution >= 4 is 0 Å². The van der Waals surface area contributed by atoms with Gasteiger partial charge in [0.2, 0.25) is 0 Å². The molecule has 0 amide bonds. The van der Waals surface area contributed by atoms with Crippen molar-refractivity contribution < 1.29 is 0 Å². The first-order valence-electron chi connectivity index (χ1n) is 7.57. The van der Waals surface area contributed by atoms with Gasteiger partial charge in [-0.05, 0) is 60.9 Å². The summed E-state index contributed by atoms with van der Waals surface area (Å²) >= 11 is 0. The van der Waals surface area contributed by atoms with Gasteiger partial charge < -0.3 is 5.73 Å². The van der Waals surface area contributed by atoms with E-state index in [0.717, 1.165) is 0 Å². The largest absolute Gasteiger partial charge is 0.323 e. The van der Waals surface area contributed by atoms with E-state index in [1.807, 2.05) is 0 Å². The molecule has 2 atom stereocenters. The Balaban J connectivity index is 1.95. The van der Waals surface area contributed by atoms with E-state index in [1.165, 1.54) is 47.1 Å². The monoisotopic (exact) mass is 265 g/mol. The molecule has 0 aromatic heterocycles. The highest BCUT2D eigenvalue weighted by molar-refractivity contribution is 5.38. The summed E-state index contributed by atoms with van der Waals surface area (Å²) in [6.45, 7) is 4.32. The van der Waals surface area contributed by atoms with Crippen LogP contribution in [0.3, 0.4) is 0 Å². The van der Waals surface area contributed by atoms with Crippen LogP contribution in [-0.2, 0) is 6.42 Å². The van der Waals surface area contributed by atoms with Gasteiger partial charge in [0.1, 0.15) is 0 Å². The second kappa shape index (κ2) is 5.41. The second-order valence-corrected chi connectivity index (χ2v) is 6.07. The minimum absolute atomic E-state index is 0.107. The van der Waals surface area contributed by atoms with Crippen molar-refractivity contribution in [3.8, 4) is 0 Å². The summed E-state index contributed by atoms with van der Waals surface area (Å²) in [4.78, 5) is 0. The van der Waals surface area contributed by atoms with Gasteiger partial charge in [-0.15, -0.1) is 0 Å². The van der Waals surface area contributed by atoms with E-state index in [-0.39, 0.29) is 6.04 Å². The van der Waals surface area contributed by atoms with Crippen LogP contribution in [0.4, 0.5) is 0 Å². The van der Waals surface area contributed by atoms with Gasteiger partial charge in [0, 0.05) is 12.0 Å². The van der Waals surface area contributed by atoms with Gasteiger partial charge in [0.25, 0.3) is 0 Å². The lowest BCUT2D eigenvalue weighted by atomic mass is 9.77. The van der Waals surface area contributed by atoms with Gasteiger partial charge in [-0.25, -0.2) is 0 Å². The molecule has 3 rings (SSSR count). The molecule has 1 heteroatoms. The Hall–Kier alpha value is -1.60. The van der Waals surface area contributed by atoms with Crippen LogP contribution in [0.1, 0.15) is 52.6 Å². The van der Waals surface area contributed by atoms with Crippen LogP contribution in [0, 0.1) is 13.8 Å². The lowest BCUT2D eigenvalue weighted by molar-refractivity contribution is 0.474. The molecule has 2 N–H and O–H groups in total. The topological polar surface area (TPSA) is 26.0 Å². The Kier molecular flexibility index (Phi) is 3.62. The molecule has 1 nitrogen and oxygen atoms in total. The lowest BCUT2D eigenvalue weighted by Crippen LogP contribution is -2.23. The third-order valence-corrected chi connectivity index (χ3v) is 4.77.